The molecule has 1 N–H and O–H groups in total. The largest absolute Gasteiger partial charge is 0.490 e. The number of hydrogen-bond acceptors (Lipinski definition) is 4. The van der Waals surface area contributed by atoms with Gasteiger partial charge < -0.3 is 14.5 Å². The van der Waals surface area contributed by atoms with Crippen LogP contribution in [0.1, 0.15) is 20.3 Å². The molecule has 0 bridgehead atoms. The molecule has 18 heavy (non-hydrogen) atoms. The molecule has 0 aliphatic rings. The van der Waals surface area contributed by atoms with E-state index in [2.05, 4.69) is 9.97 Å². The molecule has 1 aromatic heterocycles. The van der Waals surface area contributed by atoms with Gasteiger partial charge in [-0.2, -0.15) is 0 Å². The average molecular weight is 248 g/mol. The van der Waals surface area contributed by atoms with Crippen molar-refractivity contribution < 1.29 is 9.47 Å². The number of fused-ring (bicyclic) bond motifs is 1. The Morgan fingerprint density at radius 1 is 1.22 bits per heavy atom. The first-order valence-corrected chi connectivity index (χ1v) is 6.03. The molecule has 96 valence electrons. The summed E-state index contributed by atoms with van der Waals surface area (Å²) in [5.41, 5.74) is 0.427. The highest BCUT2D eigenvalue weighted by molar-refractivity contribution is 5.81. The zero-order chi connectivity index (χ0) is 13.0. The van der Waals surface area contributed by atoms with Crippen molar-refractivity contribution in [3.05, 3.63) is 28.8 Å². The quantitative estimate of drug-likeness (QED) is 0.880. The van der Waals surface area contributed by atoms with Gasteiger partial charge in [0.2, 0.25) is 0 Å². The Kier molecular flexibility index (Phi) is 3.82. The summed E-state index contributed by atoms with van der Waals surface area (Å²) in [6.45, 7) is 5.05. The van der Waals surface area contributed by atoms with Gasteiger partial charge in [0.25, 0.3) is 5.56 Å². The van der Waals surface area contributed by atoms with Crippen LogP contribution in [0.5, 0.6) is 11.5 Å². The van der Waals surface area contributed by atoms with E-state index in [1.807, 2.05) is 13.8 Å². The molecule has 2 aromatic rings. The molecule has 2 rings (SSSR count). The number of ether oxygens (including phenoxy) is 2. The maximum absolute atomic E-state index is 11.7. The van der Waals surface area contributed by atoms with Crippen LogP contribution in [0.25, 0.3) is 10.9 Å². The lowest BCUT2D eigenvalue weighted by atomic mass is 10.2. The van der Waals surface area contributed by atoms with E-state index in [4.69, 9.17) is 9.47 Å². The Morgan fingerprint density at radius 3 is 2.72 bits per heavy atom. The van der Waals surface area contributed by atoms with Crippen molar-refractivity contribution in [2.75, 3.05) is 13.2 Å². The van der Waals surface area contributed by atoms with Crippen molar-refractivity contribution >= 4 is 10.9 Å². The van der Waals surface area contributed by atoms with E-state index in [1.54, 1.807) is 12.1 Å². The molecule has 1 aromatic carbocycles. The minimum atomic E-state index is -0.178. The minimum Gasteiger partial charge on any atom is -0.490 e. The predicted octanol–water partition coefficient (Wildman–Crippen LogP) is 2.11. The Labute approximate surface area is 105 Å². The number of aromatic amines is 1. The van der Waals surface area contributed by atoms with Crippen LogP contribution in [0.4, 0.5) is 0 Å². The summed E-state index contributed by atoms with van der Waals surface area (Å²) in [6.07, 6.45) is 2.29. The second-order valence-corrected chi connectivity index (χ2v) is 3.83. The number of aromatic nitrogens is 2. The van der Waals surface area contributed by atoms with E-state index < -0.39 is 0 Å². The van der Waals surface area contributed by atoms with Crippen LogP contribution in [0.2, 0.25) is 0 Å². The Balaban J connectivity index is 2.53. The lowest BCUT2D eigenvalue weighted by molar-refractivity contribution is 0.277. The van der Waals surface area contributed by atoms with Gasteiger partial charge in [0, 0.05) is 6.07 Å². The van der Waals surface area contributed by atoms with Gasteiger partial charge >= 0.3 is 0 Å². The Bertz CT molecular complexity index is 592. The Hall–Kier alpha value is -2.04. The molecule has 0 saturated carbocycles. The zero-order valence-electron chi connectivity index (χ0n) is 10.5. The highest BCUT2D eigenvalue weighted by Crippen LogP contribution is 2.30. The number of hydrogen-bond donors (Lipinski definition) is 1. The fourth-order valence-corrected chi connectivity index (χ4v) is 1.67. The first-order valence-electron chi connectivity index (χ1n) is 6.03. The van der Waals surface area contributed by atoms with Gasteiger partial charge in [-0.15, -0.1) is 0 Å². The lowest BCUT2D eigenvalue weighted by Crippen LogP contribution is -2.08. The van der Waals surface area contributed by atoms with Crippen LogP contribution >= 0.6 is 0 Å². The third-order valence-electron chi connectivity index (χ3n) is 2.47. The minimum absolute atomic E-state index is 0.178. The van der Waals surface area contributed by atoms with Crippen LogP contribution in [0.3, 0.4) is 0 Å². The summed E-state index contributed by atoms with van der Waals surface area (Å²) in [7, 11) is 0. The predicted molar refractivity (Wildman–Crippen MR) is 69.3 cm³/mol. The van der Waals surface area contributed by atoms with Crippen LogP contribution < -0.4 is 15.0 Å². The van der Waals surface area contributed by atoms with E-state index in [0.29, 0.717) is 35.6 Å². The number of rotatable bonds is 5. The molecular formula is C13H16N2O3. The number of benzene rings is 1. The van der Waals surface area contributed by atoms with Crippen molar-refractivity contribution in [2.24, 2.45) is 0 Å². The van der Waals surface area contributed by atoms with Gasteiger partial charge in [-0.25, -0.2) is 4.98 Å². The average Bonchev–Trinajstić information content (AvgIpc) is 2.38. The van der Waals surface area contributed by atoms with Crippen molar-refractivity contribution in [3.63, 3.8) is 0 Å². The SMILES string of the molecule is CCCOc1cc2nc[nH]c(=O)c2cc1OCC. The number of H-pyrrole nitrogens is 1. The molecule has 0 saturated heterocycles. The molecule has 5 heteroatoms. The number of nitrogens with zero attached hydrogens (tertiary/aromatic N) is 1. The number of nitrogens with one attached hydrogen (secondary N) is 1. The normalized spacial score (nSPS) is 10.6. The zero-order valence-corrected chi connectivity index (χ0v) is 10.5. The monoisotopic (exact) mass is 248 g/mol. The molecule has 5 nitrogen and oxygen atoms in total. The topological polar surface area (TPSA) is 64.2 Å². The summed E-state index contributed by atoms with van der Waals surface area (Å²) in [6, 6.07) is 3.42. The first-order chi connectivity index (χ1) is 8.76. The maximum atomic E-state index is 11.7. The third kappa shape index (κ3) is 2.45. The van der Waals surface area contributed by atoms with Gasteiger partial charge in [-0.05, 0) is 19.4 Å². The summed E-state index contributed by atoms with van der Waals surface area (Å²) in [4.78, 5) is 18.3. The molecular weight excluding hydrogens is 232 g/mol. The highest BCUT2D eigenvalue weighted by atomic mass is 16.5. The first kappa shape index (κ1) is 12.4. The summed E-state index contributed by atoms with van der Waals surface area (Å²) < 4.78 is 11.1. The van der Waals surface area contributed by atoms with Gasteiger partial charge in [0.1, 0.15) is 0 Å². The summed E-state index contributed by atoms with van der Waals surface area (Å²) in [5.74, 6) is 1.21. The van der Waals surface area contributed by atoms with Crippen LogP contribution in [0, 0.1) is 0 Å². The highest BCUT2D eigenvalue weighted by Gasteiger charge is 2.10. The van der Waals surface area contributed by atoms with Gasteiger partial charge in [0.15, 0.2) is 11.5 Å². The smallest absolute Gasteiger partial charge is 0.258 e. The standard InChI is InChI=1S/C13H16N2O3/c1-3-5-18-12-7-10-9(6-11(12)17-4-2)13(16)15-8-14-10/h6-8H,3-5H2,1-2H3,(H,14,15,16). The van der Waals surface area contributed by atoms with Crippen LogP contribution in [-0.2, 0) is 0 Å². The van der Waals surface area contributed by atoms with E-state index >= 15 is 0 Å². The van der Waals surface area contributed by atoms with E-state index in [1.165, 1.54) is 6.33 Å². The van der Waals surface area contributed by atoms with Crippen LogP contribution in [-0.4, -0.2) is 23.2 Å². The van der Waals surface area contributed by atoms with Gasteiger partial charge in [0.05, 0.1) is 30.4 Å². The van der Waals surface area contributed by atoms with Gasteiger partial charge in [-0.1, -0.05) is 6.92 Å². The Morgan fingerprint density at radius 2 is 2.00 bits per heavy atom. The molecule has 0 aliphatic carbocycles. The lowest BCUT2D eigenvalue weighted by Gasteiger charge is -2.12. The molecule has 0 atom stereocenters. The van der Waals surface area contributed by atoms with Crippen molar-refractivity contribution in [1.82, 2.24) is 9.97 Å². The molecule has 0 radical (unpaired) electrons. The molecule has 0 fully saturated rings. The molecule has 1 heterocycles. The second kappa shape index (κ2) is 5.53. The third-order valence-corrected chi connectivity index (χ3v) is 2.47. The van der Waals surface area contributed by atoms with Crippen LogP contribution in [0.15, 0.2) is 23.3 Å². The van der Waals surface area contributed by atoms with Crippen molar-refractivity contribution in [2.45, 2.75) is 20.3 Å². The molecule has 0 unspecified atom stereocenters. The van der Waals surface area contributed by atoms with Crippen molar-refractivity contribution in [1.29, 1.82) is 0 Å². The maximum Gasteiger partial charge on any atom is 0.258 e. The van der Waals surface area contributed by atoms with E-state index in [-0.39, 0.29) is 5.56 Å². The molecule has 0 amide bonds. The second-order valence-electron chi connectivity index (χ2n) is 3.83. The van der Waals surface area contributed by atoms with Gasteiger partial charge in [-0.3, -0.25) is 4.79 Å². The van der Waals surface area contributed by atoms with E-state index in [9.17, 15) is 4.79 Å². The summed E-state index contributed by atoms with van der Waals surface area (Å²) in [5, 5.41) is 0.504. The fraction of sp³-hybridized carbons (Fsp3) is 0.385. The molecule has 0 spiro atoms. The van der Waals surface area contributed by atoms with E-state index in [0.717, 1.165) is 6.42 Å². The molecule has 0 aliphatic heterocycles. The summed E-state index contributed by atoms with van der Waals surface area (Å²) >= 11 is 0. The fourth-order valence-electron chi connectivity index (χ4n) is 1.67. The van der Waals surface area contributed by atoms with Crippen molar-refractivity contribution in [3.8, 4) is 11.5 Å².